The molecule has 2 aliphatic carbocycles. The van der Waals surface area contributed by atoms with Crippen LogP contribution in [-0.4, -0.2) is 0 Å². The maximum Gasteiger partial charge on any atom is 0.135 e. The third kappa shape index (κ3) is 12.9. The van der Waals surface area contributed by atoms with E-state index in [9.17, 15) is 0 Å². The van der Waals surface area contributed by atoms with Crippen LogP contribution >= 0.6 is 0 Å². The van der Waals surface area contributed by atoms with Crippen LogP contribution in [0.2, 0.25) is 0 Å². The second-order valence-electron chi connectivity index (χ2n) is 34.3. The Balaban J connectivity index is 0.000000143. The number of nitrogens with zero attached hydrogens (tertiary/aromatic N) is 2. The van der Waals surface area contributed by atoms with Gasteiger partial charge in [-0.05, 0) is 294 Å². The van der Waals surface area contributed by atoms with Crippen molar-refractivity contribution in [3.05, 3.63) is 459 Å². The number of rotatable bonds is 13. The predicted molar refractivity (Wildman–Crippen MR) is 523 cm³/mol. The molecule has 20 aromatic carbocycles. The normalized spacial score (nSPS) is 12.8. The van der Waals surface area contributed by atoms with Crippen molar-refractivity contribution < 1.29 is 8.83 Å². The van der Waals surface area contributed by atoms with Crippen LogP contribution in [0.4, 0.5) is 34.1 Å². The average molecular weight is 1590 g/mol. The van der Waals surface area contributed by atoms with Gasteiger partial charge in [-0.15, -0.1) is 0 Å². The lowest BCUT2D eigenvalue weighted by Gasteiger charge is -2.28. The summed E-state index contributed by atoms with van der Waals surface area (Å²) in [6.07, 6.45) is 0. The van der Waals surface area contributed by atoms with E-state index in [1.165, 1.54) is 132 Å². The van der Waals surface area contributed by atoms with Crippen LogP contribution in [0.1, 0.15) is 49.9 Å². The first-order chi connectivity index (χ1) is 60.9. The highest BCUT2D eigenvalue weighted by atomic mass is 16.3. The van der Waals surface area contributed by atoms with Gasteiger partial charge in [-0.25, -0.2) is 0 Å². The molecule has 124 heavy (non-hydrogen) atoms. The number of hydrogen-bond acceptors (Lipinski definition) is 4. The zero-order valence-corrected chi connectivity index (χ0v) is 69.3. The van der Waals surface area contributed by atoms with Crippen molar-refractivity contribution in [2.45, 2.75) is 38.5 Å². The first-order valence-corrected chi connectivity index (χ1v) is 43.0. The Hall–Kier alpha value is -15.6. The molecular formula is C120H84N2O2. The van der Waals surface area contributed by atoms with E-state index in [4.69, 9.17) is 8.83 Å². The summed E-state index contributed by atoms with van der Waals surface area (Å²) in [5.74, 6) is 0. The molecule has 0 radical (unpaired) electrons. The van der Waals surface area contributed by atoms with Gasteiger partial charge in [-0.1, -0.05) is 325 Å². The molecule has 2 heterocycles. The molecule has 0 spiro atoms. The van der Waals surface area contributed by atoms with Crippen molar-refractivity contribution in [1.29, 1.82) is 0 Å². The second-order valence-corrected chi connectivity index (χ2v) is 34.3. The van der Waals surface area contributed by atoms with Crippen LogP contribution in [0.5, 0.6) is 0 Å². The Morgan fingerprint density at radius 2 is 0.395 bits per heavy atom. The summed E-state index contributed by atoms with van der Waals surface area (Å²) < 4.78 is 12.3. The van der Waals surface area contributed by atoms with Gasteiger partial charge in [0.25, 0.3) is 0 Å². The van der Waals surface area contributed by atoms with E-state index in [2.05, 4.69) is 450 Å². The van der Waals surface area contributed by atoms with Crippen LogP contribution in [0.3, 0.4) is 0 Å². The molecule has 0 unspecified atom stereocenters. The second kappa shape index (κ2) is 29.7. The number of fused-ring (bicyclic) bond motifs is 15. The number of furan rings is 2. The number of anilines is 6. The molecule has 0 saturated carbocycles. The lowest BCUT2D eigenvalue weighted by atomic mass is 9.81. The minimum Gasteiger partial charge on any atom is -0.456 e. The Morgan fingerprint density at radius 3 is 0.766 bits per heavy atom. The summed E-state index contributed by atoms with van der Waals surface area (Å²) in [5.41, 5.74) is 37.4. The summed E-state index contributed by atoms with van der Waals surface area (Å²) in [6, 6.07) is 159. The van der Waals surface area contributed by atoms with Crippen molar-refractivity contribution in [2.75, 3.05) is 9.80 Å². The summed E-state index contributed by atoms with van der Waals surface area (Å²) in [6.45, 7) is 9.51. The molecule has 2 aromatic heterocycles. The van der Waals surface area contributed by atoms with Gasteiger partial charge in [0, 0.05) is 66.5 Å². The molecule has 24 rings (SSSR count). The predicted octanol–water partition coefficient (Wildman–Crippen LogP) is 33.9. The molecule has 0 amide bonds. The fourth-order valence-corrected chi connectivity index (χ4v) is 19.6. The standard InChI is InChI=1S/C61H43NO.C59H41NO/c1-61(2)57-38-49(47-21-20-41-12-6-7-13-46(41)36-47)26-33-53(57)54-34-32-52(39-58(54)61)62(50-28-22-44(23-29-50)43-18-16-42(17-19-43)40-10-4-3-5-11-40)51-30-24-45(25-31-51)48-27-35-60-56(37-48)55-14-8-9-15-59(55)63-60;1-59(2)55-36-47(45-18-16-39-10-4-6-12-43(39)34-45)23-30-51(55)52-31-29-50(37-56(52)59)60(48-25-19-40(20-26-48)44-17-15-38-9-3-5-11-42(38)33-44)49-27-21-41(22-28-49)46-24-32-58-54(35-46)53-13-7-8-14-57(53)61-58/h3-39H,1-2H3;3-37H,1-2H3. The maximum atomic E-state index is 6.15. The molecule has 0 saturated heterocycles. The molecule has 0 atom stereocenters. The van der Waals surface area contributed by atoms with Crippen molar-refractivity contribution in [1.82, 2.24) is 0 Å². The zero-order chi connectivity index (χ0) is 82.7. The Morgan fingerprint density at radius 1 is 0.161 bits per heavy atom. The lowest BCUT2D eigenvalue weighted by molar-refractivity contribution is 0.660. The monoisotopic (exact) mass is 1580 g/mol. The molecule has 586 valence electrons. The highest BCUT2D eigenvalue weighted by Crippen LogP contribution is 2.55. The van der Waals surface area contributed by atoms with Gasteiger partial charge in [-0.3, -0.25) is 0 Å². The van der Waals surface area contributed by atoms with E-state index in [0.29, 0.717) is 0 Å². The quantitative estimate of drug-likeness (QED) is 0.115. The zero-order valence-electron chi connectivity index (χ0n) is 69.3. The highest BCUT2D eigenvalue weighted by molar-refractivity contribution is 6.08. The van der Waals surface area contributed by atoms with Crippen molar-refractivity contribution in [3.8, 4) is 100 Å². The van der Waals surface area contributed by atoms with E-state index in [0.717, 1.165) is 100 Å². The molecule has 2 aliphatic rings. The van der Waals surface area contributed by atoms with Gasteiger partial charge in [-0.2, -0.15) is 0 Å². The third-order valence-electron chi connectivity index (χ3n) is 26.3. The van der Waals surface area contributed by atoms with E-state index in [-0.39, 0.29) is 10.8 Å². The number of benzene rings is 20. The minimum atomic E-state index is -0.200. The first kappa shape index (κ1) is 73.5. The fraction of sp³-hybridized carbons (Fsp3) is 0.0500. The van der Waals surface area contributed by atoms with E-state index in [1.807, 2.05) is 24.3 Å². The van der Waals surface area contributed by atoms with Crippen molar-refractivity contribution in [3.63, 3.8) is 0 Å². The lowest BCUT2D eigenvalue weighted by Crippen LogP contribution is -2.16. The molecule has 0 aliphatic heterocycles. The first-order valence-electron chi connectivity index (χ1n) is 43.0. The van der Waals surface area contributed by atoms with Gasteiger partial charge in [0.2, 0.25) is 0 Å². The van der Waals surface area contributed by atoms with Crippen LogP contribution < -0.4 is 9.80 Å². The van der Waals surface area contributed by atoms with Gasteiger partial charge in [0.05, 0.1) is 0 Å². The summed E-state index contributed by atoms with van der Waals surface area (Å²) in [7, 11) is 0. The maximum absolute atomic E-state index is 6.15. The fourth-order valence-electron chi connectivity index (χ4n) is 19.6. The van der Waals surface area contributed by atoms with Crippen LogP contribution in [0, 0.1) is 0 Å². The largest absolute Gasteiger partial charge is 0.456 e. The number of para-hydroxylation sites is 2. The molecule has 0 bridgehead atoms. The number of hydrogen-bond donors (Lipinski definition) is 0. The van der Waals surface area contributed by atoms with Gasteiger partial charge in [0.1, 0.15) is 22.3 Å². The Labute approximate surface area is 721 Å². The van der Waals surface area contributed by atoms with E-state index >= 15 is 0 Å². The summed E-state index contributed by atoms with van der Waals surface area (Å²) in [4.78, 5) is 4.80. The van der Waals surface area contributed by atoms with Gasteiger partial charge < -0.3 is 18.6 Å². The third-order valence-corrected chi connectivity index (χ3v) is 26.3. The highest BCUT2D eigenvalue weighted by Gasteiger charge is 2.38. The van der Waals surface area contributed by atoms with Crippen LogP contribution in [0.15, 0.2) is 446 Å². The average Bonchev–Trinajstić information content (AvgIpc) is 1.58. The SMILES string of the molecule is CC1(C)c2cc(-c3ccc4ccccc4c3)ccc2-c2ccc(N(c3ccc(-c4ccc(-c5ccccc5)cc4)cc3)c3ccc(-c4ccc5oc6ccccc6c5c4)cc3)cc21.CC1(C)c2cc(-c3ccc4ccccc4c3)ccc2-c2ccc(N(c3ccc(-c4ccc5ccccc5c4)cc3)c3ccc(-c4ccc5oc6ccccc6c5c4)cc3)cc21. The van der Waals surface area contributed by atoms with Crippen molar-refractivity contribution in [2.24, 2.45) is 0 Å². The molecular weight excluding hydrogens is 1500 g/mol. The summed E-state index contributed by atoms with van der Waals surface area (Å²) >= 11 is 0. The van der Waals surface area contributed by atoms with E-state index in [1.54, 1.807) is 0 Å². The van der Waals surface area contributed by atoms with Crippen molar-refractivity contribution >= 4 is 110 Å². The Kier molecular flexibility index (Phi) is 17.6. The van der Waals surface area contributed by atoms with Gasteiger partial charge in [0.15, 0.2) is 0 Å². The Bertz CT molecular complexity index is 7950. The summed E-state index contributed by atoms with van der Waals surface area (Å²) in [5, 5.41) is 12.1. The van der Waals surface area contributed by atoms with Gasteiger partial charge >= 0.3 is 0 Å². The molecule has 0 N–H and O–H groups in total. The molecule has 4 heteroatoms. The van der Waals surface area contributed by atoms with E-state index < -0.39 is 0 Å². The minimum absolute atomic E-state index is 0.196. The van der Waals surface area contributed by atoms with Crippen LogP contribution in [0.25, 0.3) is 176 Å². The molecule has 0 fully saturated rings. The molecule has 4 nitrogen and oxygen atoms in total. The molecule has 22 aromatic rings. The topological polar surface area (TPSA) is 32.8 Å². The smallest absolute Gasteiger partial charge is 0.135 e. The van der Waals surface area contributed by atoms with Crippen LogP contribution in [-0.2, 0) is 10.8 Å².